The van der Waals surface area contributed by atoms with Gasteiger partial charge in [0.2, 0.25) is 0 Å². The van der Waals surface area contributed by atoms with Crippen molar-refractivity contribution in [3.8, 4) is 5.75 Å². The lowest BCUT2D eigenvalue weighted by Gasteiger charge is -2.41. The van der Waals surface area contributed by atoms with Gasteiger partial charge in [0.1, 0.15) is 11.4 Å². The number of ether oxygens (including phenoxy) is 2. The van der Waals surface area contributed by atoms with Crippen LogP contribution in [-0.2, 0) is 14.9 Å². The molecule has 0 aromatic heterocycles. The molecule has 116 valence electrons. The van der Waals surface area contributed by atoms with Crippen molar-refractivity contribution in [2.24, 2.45) is 0 Å². The van der Waals surface area contributed by atoms with Crippen LogP contribution < -0.4 is 4.74 Å². The summed E-state index contributed by atoms with van der Waals surface area (Å²) in [5, 5.41) is 0. The van der Waals surface area contributed by atoms with Gasteiger partial charge in [0.15, 0.2) is 0 Å². The molecule has 21 heavy (non-hydrogen) atoms. The average Bonchev–Trinajstić information content (AvgIpc) is 2.45. The van der Waals surface area contributed by atoms with Crippen LogP contribution in [0, 0.1) is 0 Å². The molecular weight excluding hydrogens is 264 g/mol. The second kappa shape index (κ2) is 6.08. The smallest absolute Gasteiger partial charge is 0.309 e. The van der Waals surface area contributed by atoms with E-state index in [-0.39, 0.29) is 17.0 Å². The van der Waals surface area contributed by atoms with E-state index in [1.54, 1.807) is 0 Å². The molecule has 1 aromatic carbocycles. The van der Waals surface area contributed by atoms with E-state index in [0.717, 1.165) is 31.4 Å². The standard InChI is InChI=1S/C18H26O3/c1-5-17(2,3)14-7-9-15(10-8-14)21-18(11-6-12-18)13-16(19)20-4/h7-10H,5-6,11-13H2,1-4H3. The van der Waals surface area contributed by atoms with Crippen LogP contribution in [0.1, 0.15) is 58.4 Å². The largest absolute Gasteiger partial charge is 0.487 e. The van der Waals surface area contributed by atoms with Crippen molar-refractivity contribution in [1.82, 2.24) is 0 Å². The molecule has 0 heterocycles. The second-order valence-corrected chi connectivity index (χ2v) is 6.65. The Hall–Kier alpha value is -1.51. The van der Waals surface area contributed by atoms with E-state index in [1.165, 1.54) is 12.7 Å². The normalized spacial score (nSPS) is 17.0. The van der Waals surface area contributed by atoms with Gasteiger partial charge in [-0.3, -0.25) is 4.79 Å². The van der Waals surface area contributed by atoms with Crippen molar-refractivity contribution in [2.45, 2.75) is 63.9 Å². The van der Waals surface area contributed by atoms with Gasteiger partial charge in [-0.25, -0.2) is 0 Å². The van der Waals surface area contributed by atoms with Gasteiger partial charge in [-0.05, 0) is 48.8 Å². The molecule has 2 rings (SSSR count). The minimum absolute atomic E-state index is 0.179. The van der Waals surface area contributed by atoms with Gasteiger partial charge >= 0.3 is 5.97 Å². The monoisotopic (exact) mass is 290 g/mol. The van der Waals surface area contributed by atoms with Crippen LogP contribution in [0.25, 0.3) is 0 Å². The number of esters is 1. The van der Waals surface area contributed by atoms with Crippen LogP contribution in [0.15, 0.2) is 24.3 Å². The highest BCUT2D eigenvalue weighted by atomic mass is 16.5. The van der Waals surface area contributed by atoms with E-state index < -0.39 is 0 Å². The Morgan fingerprint density at radius 3 is 2.29 bits per heavy atom. The molecule has 0 saturated heterocycles. The van der Waals surface area contributed by atoms with Crippen molar-refractivity contribution < 1.29 is 14.3 Å². The molecule has 0 atom stereocenters. The zero-order valence-corrected chi connectivity index (χ0v) is 13.6. The van der Waals surface area contributed by atoms with E-state index in [9.17, 15) is 4.79 Å². The van der Waals surface area contributed by atoms with Crippen LogP contribution in [0.5, 0.6) is 5.75 Å². The molecule has 0 spiro atoms. The number of hydrogen-bond acceptors (Lipinski definition) is 3. The van der Waals surface area contributed by atoms with E-state index in [1.807, 2.05) is 12.1 Å². The summed E-state index contributed by atoms with van der Waals surface area (Å²) < 4.78 is 10.9. The molecule has 1 aliphatic carbocycles. The van der Waals surface area contributed by atoms with Gasteiger partial charge < -0.3 is 9.47 Å². The molecule has 1 fully saturated rings. The molecule has 1 aliphatic rings. The SMILES string of the molecule is CCC(C)(C)c1ccc(OC2(CC(=O)OC)CCC2)cc1. The van der Waals surface area contributed by atoms with Gasteiger partial charge in [0, 0.05) is 0 Å². The molecule has 0 amide bonds. The third-order valence-corrected chi connectivity index (χ3v) is 4.81. The van der Waals surface area contributed by atoms with Crippen molar-refractivity contribution in [3.05, 3.63) is 29.8 Å². The van der Waals surface area contributed by atoms with E-state index in [0.29, 0.717) is 6.42 Å². The molecule has 0 radical (unpaired) electrons. The topological polar surface area (TPSA) is 35.5 Å². The van der Waals surface area contributed by atoms with E-state index >= 15 is 0 Å². The van der Waals surface area contributed by atoms with Gasteiger partial charge in [-0.1, -0.05) is 32.9 Å². The first-order valence-corrected chi connectivity index (χ1v) is 7.77. The van der Waals surface area contributed by atoms with Crippen molar-refractivity contribution in [1.29, 1.82) is 0 Å². The zero-order valence-electron chi connectivity index (χ0n) is 13.6. The molecule has 0 N–H and O–H groups in total. The third kappa shape index (κ3) is 3.58. The quantitative estimate of drug-likeness (QED) is 0.735. The van der Waals surface area contributed by atoms with Crippen LogP contribution in [-0.4, -0.2) is 18.7 Å². The summed E-state index contributed by atoms with van der Waals surface area (Å²) >= 11 is 0. The number of benzene rings is 1. The highest BCUT2D eigenvalue weighted by molar-refractivity contribution is 5.70. The number of carbonyl (C=O) groups is 1. The maximum absolute atomic E-state index is 11.5. The summed E-state index contributed by atoms with van der Waals surface area (Å²) in [5.74, 6) is 0.646. The predicted octanol–water partition coefficient (Wildman–Crippen LogP) is 4.24. The highest BCUT2D eigenvalue weighted by Crippen LogP contribution is 2.40. The number of rotatable bonds is 6. The lowest BCUT2D eigenvalue weighted by molar-refractivity contribution is -0.148. The van der Waals surface area contributed by atoms with Gasteiger partial charge in [0.25, 0.3) is 0 Å². The Morgan fingerprint density at radius 1 is 1.24 bits per heavy atom. The minimum Gasteiger partial charge on any atom is -0.487 e. The van der Waals surface area contributed by atoms with E-state index in [4.69, 9.17) is 9.47 Å². The third-order valence-electron chi connectivity index (χ3n) is 4.81. The molecule has 0 bridgehead atoms. The molecule has 0 unspecified atom stereocenters. The first-order valence-electron chi connectivity index (χ1n) is 7.77. The fraction of sp³-hybridized carbons (Fsp3) is 0.611. The Bertz CT molecular complexity index is 484. The summed E-state index contributed by atoms with van der Waals surface area (Å²) in [6.07, 6.45) is 4.39. The fourth-order valence-corrected chi connectivity index (χ4v) is 2.65. The van der Waals surface area contributed by atoms with Crippen molar-refractivity contribution in [3.63, 3.8) is 0 Å². The van der Waals surface area contributed by atoms with Crippen LogP contribution in [0.4, 0.5) is 0 Å². The molecule has 1 saturated carbocycles. The minimum atomic E-state index is -0.352. The Labute approximate surface area is 127 Å². The first kappa shape index (κ1) is 15.9. The number of carbonyl (C=O) groups excluding carboxylic acids is 1. The Kier molecular flexibility index (Phi) is 4.60. The zero-order chi connectivity index (χ0) is 15.5. The summed E-state index contributed by atoms with van der Waals surface area (Å²) in [7, 11) is 1.43. The summed E-state index contributed by atoms with van der Waals surface area (Å²) in [4.78, 5) is 11.5. The predicted molar refractivity (Wildman–Crippen MR) is 83.6 cm³/mol. The van der Waals surface area contributed by atoms with E-state index in [2.05, 4.69) is 32.9 Å². The van der Waals surface area contributed by atoms with Crippen LogP contribution in [0.2, 0.25) is 0 Å². The summed E-state index contributed by atoms with van der Waals surface area (Å²) in [6, 6.07) is 8.29. The van der Waals surface area contributed by atoms with Gasteiger partial charge in [-0.2, -0.15) is 0 Å². The van der Waals surface area contributed by atoms with Crippen molar-refractivity contribution in [2.75, 3.05) is 7.11 Å². The molecule has 1 aromatic rings. The molecule has 3 heteroatoms. The Balaban J connectivity index is 2.07. The van der Waals surface area contributed by atoms with Crippen molar-refractivity contribution >= 4 is 5.97 Å². The molecule has 3 nitrogen and oxygen atoms in total. The second-order valence-electron chi connectivity index (χ2n) is 6.65. The first-order chi connectivity index (χ1) is 9.91. The number of hydrogen-bond donors (Lipinski definition) is 0. The Morgan fingerprint density at radius 2 is 1.86 bits per heavy atom. The summed E-state index contributed by atoms with van der Waals surface area (Å²) in [5.41, 5.74) is 1.14. The lowest BCUT2D eigenvalue weighted by atomic mass is 9.77. The number of methoxy groups -OCH3 is 1. The molecule has 0 aliphatic heterocycles. The summed E-state index contributed by atoms with van der Waals surface area (Å²) in [6.45, 7) is 6.69. The van der Waals surface area contributed by atoms with Crippen LogP contribution in [0.3, 0.4) is 0 Å². The molecular formula is C18H26O3. The lowest BCUT2D eigenvalue weighted by Crippen LogP contribution is -2.45. The van der Waals surface area contributed by atoms with Gasteiger partial charge in [-0.15, -0.1) is 0 Å². The fourth-order valence-electron chi connectivity index (χ4n) is 2.65. The average molecular weight is 290 g/mol. The maximum atomic E-state index is 11.5. The van der Waals surface area contributed by atoms with Gasteiger partial charge in [0.05, 0.1) is 13.5 Å². The maximum Gasteiger partial charge on any atom is 0.309 e. The van der Waals surface area contributed by atoms with Crippen LogP contribution >= 0.6 is 0 Å². The highest BCUT2D eigenvalue weighted by Gasteiger charge is 2.41.